The molecule has 2 amide bonds. The van der Waals surface area contributed by atoms with Crippen LogP contribution >= 0.6 is 11.8 Å². The number of thioether (sulfide) groups is 1. The quantitative estimate of drug-likeness (QED) is 0.570. The summed E-state index contributed by atoms with van der Waals surface area (Å²) in [5.41, 5.74) is -0.414. The molecule has 2 N–H and O–H groups in total. The van der Waals surface area contributed by atoms with Gasteiger partial charge in [-0.25, -0.2) is 9.79 Å². The van der Waals surface area contributed by atoms with E-state index in [1.165, 1.54) is 47.4 Å². The minimum atomic E-state index is -4.53. The Morgan fingerprint density at radius 3 is 2.52 bits per heavy atom. The number of amidine groups is 1. The van der Waals surface area contributed by atoms with Crippen LogP contribution in [0.2, 0.25) is 0 Å². The number of rotatable bonds is 7. The molecule has 3 rings (SSSR count). The van der Waals surface area contributed by atoms with Crippen molar-refractivity contribution in [3.05, 3.63) is 72.3 Å². The van der Waals surface area contributed by atoms with E-state index in [0.717, 1.165) is 23.9 Å². The van der Waals surface area contributed by atoms with E-state index in [2.05, 4.69) is 16.9 Å². The second-order valence-electron chi connectivity index (χ2n) is 6.92. The average molecular weight is 477 g/mol. The summed E-state index contributed by atoms with van der Waals surface area (Å²) < 4.78 is 38.9. The summed E-state index contributed by atoms with van der Waals surface area (Å²) in [4.78, 5) is 41.6. The van der Waals surface area contributed by atoms with Crippen LogP contribution in [-0.4, -0.2) is 44.8 Å². The number of alkyl halides is 3. The van der Waals surface area contributed by atoms with Gasteiger partial charge in [0.05, 0.1) is 16.8 Å². The molecule has 33 heavy (non-hydrogen) atoms. The monoisotopic (exact) mass is 477 g/mol. The third-order valence-electron chi connectivity index (χ3n) is 4.52. The van der Waals surface area contributed by atoms with Gasteiger partial charge in [0.1, 0.15) is 5.25 Å². The number of anilines is 1. The summed E-state index contributed by atoms with van der Waals surface area (Å²) in [6.45, 7) is 3.66. The van der Waals surface area contributed by atoms with E-state index in [1.54, 1.807) is 0 Å². The van der Waals surface area contributed by atoms with Gasteiger partial charge in [0.15, 0.2) is 5.17 Å². The van der Waals surface area contributed by atoms with E-state index in [1.807, 2.05) is 0 Å². The van der Waals surface area contributed by atoms with Gasteiger partial charge in [-0.1, -0.05) is 23.9 Å². The standard InChI is InChI=1S/C22H18F3N3O4S/c1-2-10-28-19(30)17(12-18(29)26-15-8-6-13(7-9-15)20(31)32)33-21(28)27-16-5-3-4-14(11-16)22(23,24)25/h2-9,11,17H,1,10,12H2,(H,26,29)(H,31,32)/t17-/m0/s1. The van der Waals surface area contributed by atoms with Crippen LogP contribution in [0.1, 0.15) is 22.3 Å². The predicted molar refractivity (Wildman–Crippen MR) is 118 cm³/mol. The first-order valence-corrected chi connectivity index (χ1v) is 10.4. The molecule has 1 aliphatic heterocycles. The van der Waals surface area contributed by atoms with Gasteiger partial charge in [-0.3, -0.25) is 14.5 Å². The molecule has 1 atom stereocenters. The lowest BCUT2D eigenvalue weighted by molar-refractivity contribution is -0.137. The topological polar surface area (TPSA) is 99.1 Å². The molecule has 2 aromatic carbocycles. The van der Waals surface area contributed by atoms with Crippen molar-refractivity contribution in [2.45, 2.75) is 17.8 Å². The van der Waals surface area contributed by atoms with Crippen LogP contribution in [0.15, 0.2) is 66.2 Å². The van der Waals surface area contributed by atoms with Crippen LogP contribution in [0.3, 0.4) is 0 Å². The van der Waals surface area contributed by atoms with E-state index in [9.17, 15) is 27.6 Å². The number of aromatic carboxylic acids is 1. The molecule has 1 heterocycles. The number of halogens is 3. The molecule has 0 radical (unpaired) electrons. The van der Waals surface area contributed by atoms with Crippen LogP contribution < -0.4 is 5.32 Å². The number of carbonyl (C=O) groups excluding carboxylic acids is 2. The Morgan fingerprint density at radius 1 is 1.21 bits per heavy atom. The third-order valence-corrected chi connectivity index (χ3v) is 5.69. The van der Waals surface area contributed by atoms with Crippen molar-refractivity contribution in [1.29, 1.82) is 0 Å². The Bertz CT molecular complexity index is 1120. The number of carbonyl (C=O) groups is 3. The predicted octanol–water partition coefficient (Wildman–Crippen LogP) is 4.55. The first-order chi connectivity index (χ1) is 15.6. The number of carboxylic acids is 1. The normalized spacial score (nSPS) is 17.3. The SMILES string of the molecule is C=CCN1C(=O)[C@H](CC(=O)Nc2ccc(C(=O)O)cc2)SC1=Nc1cccc(C(F)(F)F)c1. The number of hydrogen-bond acceptors (Lipinski definition) is 5. The molecule has 172 valence electrons. The molecule has 1 aliphatic rings. The lowest BCUT2D eigenvalue weighted by Gasteiger charge is -2.14. The van der Waals surface area contributed by atoms with E-state index in [4.69, 9.17) is 5.11 Å². The zero-order valence-corrected chi connectivity index (χ0v) is 17.8. The first-order valence-electron chi connectivity index (χ1n) is 9.56. The van der Waals surface area contributed by atoms with Crippen molar-refractivity contribution < 1.29 is 32.7 Å². The molecule has 0 saturated carbocycles. The molecule has 7 nitrogen and oxygen atoms in total. The maximum absolute atomic E-state index is 13.0. The highest BCUT2D eigenvalue weighted by atomic mass is 32.2. The minimum absolute atomic E-state index is 0.0257. The maximum Gasteiger partial charge on any atom is 0.416 e. The molecular weight excluding hydrogens is 459 g/mol. The minimum Gasteiger partial charge on any atom is -0.478 e. The number of nitrogens with zero attached hydrogens (tertiary/aromatic N) is 2. The molecule has 1 fully saturated rings. The number of aliphatic imine (C=N–C) groups is 1. The molecule has 0 bridgehead atoms. The van der Waals surface area contributed by atoms with E-state index >= 15 is 0 Å². The van der Waals surface area contributed by atoms with Crippen LogP contribution in [0, 0.1) is 0 Å². The number of hydrogen-bond donors (Lipinski definition) is 2. The first kappa shape index (κ1) is 24.1. The molecule has 0 aliphatic carbocycles. The molecule has 0 aromatic heterocycles. The number of benzene rings is 2. The van der Waals surface area contributed by atoms with E-state index < -0.39 is 34.8 Å². The molecule has 11 heteroatoms. The fourth-order valence-electron chi connectivity index (χ4n) is 2.96. The molecule has 2 aromatic rings. The van der Waals surface area contributed by atoms with Crippen LogP contribution in [-0.2, 0) is 15.8 Å². The zero-order valence-electron chi connectivity index (χ0n) is 17.0. The van der Waals surface area contributed by atoms with Gasteiger partial charge < -0.3 is 10.4 Å². The van der Waals surface area contributed by atoms with Gasteiger partial charge >= 0.3 is 12.1 Å². The number of nitrogens with one attached hydrogen (secondary N) is 1. The summed E-state index contributed by atoms with van der Waals surface area (Å²) in [6.07, 6.45) is -3.29. The second kappa shape index (κ2) is 9.90. The smallest absolute Gasteiger partial charge is 0.416 e. The summed E-state index contributed by atoms with van der Waals surface area (Å²) >= 11 is 0.979. The highest BCUT2D eigenvalue weighted by Gasteiger charge is 2.39. The van der Waals surface area contributed by atoms with Gasteiger partial charge in [0, 0.05) is 18.7 Å². The summed E-state index contributed by atoms with van der Waals surface area (Å²) in [7, 11) is 0. The van der Waals surface area contributed by atoms with Crippen molar-refractivity contribution in [2.75, 3.05) is 11.9 Å². The van der Waals surface area contributed by atoms with E-state index in [-0.39, 0.29) is 29.4 Å². The largest absolute Gasteiger partial charge is 0.478 e. The zero-order chi connectivity index (χ0) is 24.2. The Morgan fingerprint density at radius 2 is 1.91 bits per heavy atom. The molecule has 0 unspecified atom stereocenters. The molecule has 0 spiro atoms. The van der Waals surface area contributed by atoms with Crippen molar-refractivity contribution >= 4 is 46.1 Å². The van der Waals surface area contributed by atoms with Gasteiger partial charge in [0.25, 0.3) is 0 Å². The van der Waals surface area contributed by atoms with Crippen molar-refractivity contribution in [3.8, 4) is 0 Å². The Kier molecular flexibility index (Phi) is 7.22. The van der Waals surface area contributed by atoms with Crippen LogP contribution in [0.4, 0.5) is 24.5 Å². The fourth-order valence-corrected chi connectivity index (χ4v) is 4.13. The summed E-state index contributed by atoms with van der Waals surface area (Å²) in [5.74, 6) is -2.00. The van der Waals surface area contributed by atoms with Gasteiger partial charge in [0.2, 0.25) is 11.8 Å². The van der Waals surface area contributed by atoms with Crippen LogP contribution in [0.25, 0.3) is 0 Å². The highest BCUT2D eigenvalue weighted by Crippen LogP contribution is 2.34. The van der Waals surface area contributed by atoms with Crippen LogP contribution in [0.5, 0.6) is 0 Å². The lowest BCUT2D eigenvalue weighted by Crippen LogP contribution is -2.33. The number of carboxylic acid groups (broad SMARTS) is 1. The summed E-state index contributed by atoms with van der Waals surface area (Å²) in [6, 6.07) is 9.94. The van der Waals surface area contributed by atoms with Crippen molar-refractivity contribution in [3.63, 3.8) is 0 Å². The Balaban J connectivity index is 1.74. The van der Waals surface area contributed by atoms with Gasteiger partial charge in [-0.05, 0) is 42.5 Å². The Labute approximate surface area is 191 Å². The van der Waals surface area contributed by atoms with Gasteiger partial charge in [-0.15, -0.1) is 6.58 Å². The summed E-state index contributed by atoms with van der Waals surface area (Å²) in [5, 5.41) is 10.9. The third kappa shape index (κ3) is 6.01. The second-order valence-corrected chi connectivity index (χ2v) is 8.09. The fraction of sp³-hybridized carbons (Fsp3) is 0.182. The van der Waals surface area contributed by atoms with Crippen molar-refractivity contribution in [1.82, 2.24) is 4.90 Å². The lowest BCUT2D eigenvalue weighted by atomic mass is 10.2. The Hall–Kier alpha value is -3.60. The highest BCUT2D eigenvalue weighted by molar-refractivity contribution is 8.15. The van der Waals surface area contributed by atoms with Crippen molar-refractivity contribution in [2.24, 2.45) is 4.99 Å². The maximum atomic E-state index is 13.0. The molecular formula is C22H18F3N3O4S. The number of amides is 2. The van der Waals surface area contributed by atoms with Gasteiger partial charge in [-0.2, -0.15) is 13.2 Å². The van der Waals surface area contributed by atoms with E-state index in [0.29, 0.717) is 5.69 Å². The average Bonchev–Trinajstić information content (AvgIpc) is 3.02. The molecule has 1 saturated heterocycles.